The molecule has 1 aromatic carbocycles. The number of rotatable bonds is 2. The number of sulfonamides is 1. The highest BCUT2D eigenvalue weighted by atomic mass is 32.3. The fourth-order valence-corrected chi connectivity index (χ4v) is 5.26. The Labute approximate surface area is 117 Å². The molecule has 1 aromatic rings. The number of hydrogen-bond acceptors (Lipinski definition) is 5. The number of aryl methyl sites for hydroxylation is 1. The molecule has 1 heterocycles. The van der Waals surface area contributed by atoms with E-state index in [1.807, 2.05) is 19.1 Å². The van der Waals surface area contributed by atoms with Crippen molar-refractivity contribution in [2.75, 3.05) is 24.6 Å². The van der Waals surface area contributed by atoms with Crippen LogP contribution in [0.2, 0.25) is 0 Å². The summed E-state index contributed by atoms with van der Waals surface area (Å²) in [5, 5.41) is 0. The predicted molar refractivity (Wildman–Crippen MR) is 78.0 cm³/mol. The number of hydrogen-bond donors (Lipinski definition) is 1. The average Bonchev–Trinajstić information content (AvgIpc) is 2.28. The van der Waals surface area contributed by atoms with E-state index >= 15 is 0 Å². The second-order valence-electron chi connectivity index (χ2n) is 3.92. The fourth-order valence-electron chi connectivity index (χ4n) is 1.54. The standard InChI is InChI=1S/C11H16N2O2S3/c1-10-2-4-11(5-3-10)18(14,15)13-7-9-16-12-6-8-17-13/h2-5,12H,6-9H2,1H3. The lowest BCUT2D eigenvalue weighted by molar-refractivity contribution is 0.550. The van der Waals surface area contributed by atoms with Crippen molar-refractivity contribution in [1.82, 2.24) is 8.43 Å². The van der Waals surface area contributed by atoms with Gasteiger partial charge in [-0.3, -0.25) is 4.72 Å². The molecule has 0 aromatic heterocycles. The van der Waals surface area contributed by atoms with Crippen molar-refractivity contribution in [1.29, 1.82) is 0 Å². The van der Waals surface area contributed by atoms with Crippen LogP contribution < -0.4 is 4.72 Å². The maximum Gasteiger partial charge on any atom is 0.252 e. The van der Waals surface area contributed by atoms with Gasteiger partial charge in [0.05, 0.1) is 4.90 Å². The Bertz CT molecular complexity index is 480. The van der Waals surface area contributed by atoms with Crippen molar-refractivity contribution in [3.8, 4) is 0 Å². The molecule has 1 fully saturated rings. The SMILES string of the molecule is Cc1ccc(S(=O)(=O)N2CCSNCCS2)cc1. The molecule has 0 amide bonds. The Balaban J connectivity index is 2.20. The van der Waals surface area contributed by atoms with Crippen LogP contribution in [0.15, 0.2) is 29.2 Å². The van der Waals surface area contributed by atoms with E-state index in [2.05, 4.69) is 4.72 Å². The monoisotopic (exact) mass is 304 g/mol. The molecule has 0 spiro atoms. The quantitative estimate of drug-likeness (QED) is 0.846. The fraction of sp³-hybridized carbons (Fsp3) is 0.455. The molecular weight excluding hydrogens is 288 g/mol. The summed E-state index contributed by atoms with van der Waals surface area (Å²) in [6.07, 6.45) is 0. The van der Waals surface area contributed by atoms with Crippen molar-refractivity contribution in [3.05, 3.63) is 29.8 Å². The van der Waals surface area contributed by atoms with Gasteiger partial charge in [0.2, 0.25) is 0 Å². The van der Waals surface area contributed by atoms with Crippen molar-refractivity contribution in [2.45, 2.75) is 11.8 Å². The van der Waals surface area contributed by atoms with Crippen LogP contribution in [0.25, 0.3) is 0 Å². The number of nitrogens with zero attached hydrogens (tertiary/aromatic N) is 1. The van der Waals surface area contributed by atoms with Crippen molar-refractivity contribution in [2.24, 2.45) is 0 Å². The zero-order valence-electron chi connectivity index (χ0n) is 10.1. The highest BCUT2D eigenvalue weighted by molar-refractivity contribution is 8.08. The number of benzene rings is 1. The van der Waals surface area contributed by atoms with E-state index in [1.165, 1.54) is 15.7 Å². The van der Waals surface area contributed by atoms with Crippen molar-refractivity contribution >= 4 is 33.9 Å². The van der Waals surface area contributed by atoms with Crippen LogP contribution >= 0.6 is 23.9 Å². The van der Waals surface area contributed by atoms with Gasteiger partial charge in [-0.2, -0.15) is 0 Å². The third-order valence-corrected chi connectivity index (χ3v) is 6.65. The third-order valence-electron chi connectivity index (χ3n) is 2.50. The molecule has 1 N–H and O–H groups in total. The van der Waals surface area contributed by atoms with Crippen LogP contribution in [0.4, 0.5) is 0 Å². The molecule has 4 nitrogen and oxygen atoms in total. The van der Waals surface area contributed by atoms with E-state index in [0.29, 0.717) is 11.4 Å². The summed E-state index contributed by atoms with van der Waals surface area (Å²) in [5.74, 6) is 1.52. The maximum absolute atomic E-state index is 12.4. The third kappa shape index (κ3) is 3.42. The molecule has 0 aliphatic carbocycles. The summed E-state index contributed by atoms with van der Waals surface area (Å²) in [6, 6.07) is 7.01. The molecular formula is C11H16N2O2S3. The Morgan fingerprint density at radius 3 is 2.67 bits per heavy atom. The molecule has 1 aliphatic rings. The van der Waals surface area contributed by atoms with Crippen LogP contribution in [-0.4, -0.2) is 36.7 Å². The molecule has 0 bridgehead atoms. The molecule has 2 rings (SSSR count). The normalized spacial score (nSPS) is 19.2. The Kier molecular flexibility index (Phi) is 4.97. The van der Waals surface area contributed by atoms with E-state index in [4.69, 9.17) is 0 Å². The molecule has 0 atom stereocenters. The minimum atomic E-state index is -3.36. The Morgan fingerprint density at radius 2 is 1.94 bits per heavy atom. The average molecular weight is 304 g/mol. The van der Waals surface area contributed by atoms with Gasteiger partial charge in [-0.05, 0) is 19.1 Å². The largest absolute Gasteiger partial charge is 0.263 e. The lowest BCUT2D eigenvalue weighted by atomic mass is 10.2. The van der Waals surface area contributed by atoms with Gasteiger partial charge >= 0.3 is 0 Å². The summed E-state index contributed by atoms with van der Waals surface area (Å²) in [5.41, 5.74) is 1.06. The van der Waals surface area contributed by atoms with Crippen LogP contribution in [-0.2, 0) is 10.0 Å². The van der Waals surface area contributed by atoms with Crippen LogP contribution in [0.5, 0.6) is 0 Å². The molecule has 1 saturated heterocycles. The van der Waals surface area contributed by atoms with Gasteiger partial charge in [0.25, 0.3) is 10.0 Å². The highest BCUT2D eigenvalue weighted by Crippen LogP contribution is 2.24. The molecule has 1 aliphatic heterocycles. The first-order chi connectivity index (χ1) is 8.60. The molecule has 100 valence electrons. The van der Waals surface area contributed by atoms with Gasteiger partial charge in [-0.15, -0.1) is 3.71 Å². The summed E-state index contributed by atoms with van der Waals surface area (Å²) >= 11 is 2.95. The van der Waals surface area contributed by atoms with Gasteiger partial charge in [0, 0.05) is 24.6 Å². The van der Waals surface area contributed by atoms with E-state index in [1.54, 1.807) is 24.1 Å². The minimum absolute atomic E-state index is 0.374. The van der Waals surface area contributed by atoms with Crippen molar-refractivity contribution < 1.29 is 8.42 Å². The Hall–Kier alpha value is -0.210. The van der Waals surface area contributed by atoms with E-state index in [9.17, 15) is 8.42 Å². The zero-order valence-corrected chi connectivity index (χ0v) is 12.6. The lowest BCUT2D eigenvalue weighted by Crippen LogP contribution is -2.31. The van der Waals surface area contributed by atoms with Gasteiger partial charge < -0.3 is 0 Å². The smallest absolute Gasteiger partial charge is 0.252 e. The summed E-state index contributed by atoms with van der Waals surface area (Å²) in [4.78, 5) is 0.374. The predicted octanol–water partition coefficient (Wildman–Crippen LogP) is 1.89. The van der Waals surface area contributed by atoms with Crippen LogP contribution in [0, 0.1) is 6.92 Å². The highest BCUT2D eigenvalue weighted by Gasteiger charge is 2.25. The first-order valence-corrected chi connectivity index (χ1v) is 9.04. The molecule has 0 radical (unpaired) electrons. The molecule has 18 heavy (non-hydrogen) atoms. The Morgan fingerprint density at radius 1 is 1.22 bits per heavy atom. The zero-order chi connectivity index (χ0) is 13.0. The van der Waals surface area contributed by atoms with E-state index < -0.39 is 10.0 Å². The van der Waals surface area contributed by atoms with Gasteiger partial charge in [-0.25, -0.2) is 8.42 Å². The second-order valence-corrected chi connectivity index (χ2v) is 8.11. The topological polar surface area (TPSA) is 49.4 Å². The van der Waals surface area contributed by atoms with Gasteiger partial charge in [-0.1, -0.05) is 41.6 Å². The minimum Gasteiger partial charge on any atom is -0.263 e. The van der Waals surface area contributed by atoms with Gasteiger partial charge in [0.15, 0.2) is 0 Å². The molecule has 0 unspecified atom stereocenters. The summed E-state index contributed by atoms with van der Waals surface area (Å²) in [6.45, 7) is 3.29. The maximum atomic E-state index is 12.4. The lowest BCUT2D eigenvalue weighted by Gasteiger charge is -2.23. The van der Waals surface area contributed by atoms with Crippen LogP contribution in [0.3, 0.4) is 0 Å². The summed E-state index contributed by atoms with van der Waals surface area (Å²) in [7, 11) is -3.36. The molecule has 7 heteroatoms. The summed E-state index contributed by atoms with van der Waals surface area (Å²) < 4.78 is 29.6. The van der Waals surface area contributed by atoms with E-state index in [-0.39, 0.29) is 0 Å². The first kappa shape index (κ1) is 14.2. The molecule has 0 saturated carbocycles. The second kappa shape index (κ2) is 6.29. The van der Waals surface area contributed by atoms with Crippen LogP contribution in [0.1, 0.15) is 5.56 Å². The first-order valence-electron chi connectivity index (χ1n) is 5.68. The van der Waals surface area contributed by atoms with E-state index in [0.717, 1.165) is 23.6 Å². The number of nitrogens with one attached hydrogen (secondary N) is 1. The van der Waals surface area contributed by atoms with Crippen molar-refractivity contribution in [3.63, 3.8) is 0 Å². The van der Waals surface area contributed by atoms with Gasteiger partial charge in [0.1, 0.15) is 0 Å².